The lowest BCUT2D eigenvalue weighted by Crippen LogP contribution is -2.26. The number of aromatic amines is 1. The summed E-state index contributed by atoms with van der Waals surface area (Å²) in [5, 5.41) is 3.99. The molecule has 1 aliphatic carbocycles. The van der Waals surface area contributed by atoms with Crippen molar-refractivity contribution in [3.8, 4) is 11.1 Å². The second-order valence-electron chi connectivity index (χ2n) is 7.43. The fourth-order valence-corrected chi connectivity index (χ4v) is 4.16. The molecule has 4 nitrogen and oxygen atoms in total. The quantitative estimate of drug-likeness (QED) is 0.455. The van der Waals surface area contributed by atoms with Crippen molar-refractivity contribution in [1.29, 1.82) is 0 Å². The highest BCUT2D eigenvalue weighted by Gasteiger charge is 2.28. The third kappa shape index (κ3) is 3.48. The van der Waals surface area contributed by atoms with Crippen molar-refractivity contribution >= 4 is 23.1 Å². The number of ether oxygens (including phenoxy) is 1. The molecule has 4 aromatic rings. The molecular formula is C26H22N2O2. The van der Waals surface area contributed by atoms with Crippen molar-refractivity contribution in [2.45, 2.75) is 5.92 Å². The first-order valence-corrected chi connectivity index (χ1v) is 10.1. The molecule has 1 aromatic heterocycles. The van der Waals surface area contributed by atoms with Crippen LogP contribution in [0.5, 0.6) is 0 Å². The van der Waals surface area contributed by atoms with Crippen LogP contribution in [-0.4, -0.2) is 24.2 Å². The van der Waals surface area contributed by atoms with Crippen LogP contribution in [0.15, 0.2) is 85.1 Å². The molecule has 0 saturated carbocycles. The van der Waals surface area contributed by atoms with Crippen LogP contribution in [0.25, 0.3) is 28.1 Å². The first-order chi connectivity index (χ1) is 14.8. The van der Waals surface area contributed by atoms with Gasteiger partial charge in [-0.2, -0.15) is 0 Å². The van der Waals surface area contributed by atoms with E-state index in [-0.39, 0.29) is 5.92 Å². The predicted octanol–water partition coefficient (Wildman–Crippen LogP) is 5.72. The minimum absolute atomic E-state index is 0.0752. The van der Waals surface area contributed by atoms with Crippen LogP contribution >= 0.6 is 0 Å². The Kier molecular flexibility index (Phi) is 4.81. The molecule has 0 aliphatic heterocycles. The number of hydrogen-bond acceptors (Lipinski definition) is 2. The molecule has 30 heavy (non-hydrogen) atoms. The zero-order valence-electron chi connectivity index (χ0n) is 16.5. The monoisotopic (exact) mass is 394 g/mol. The van der Waals surface area contributed by atoms with Crippen molar-refractivity contribution in [1.82, 2.24) is 10.3 Å². The summed E-state index contributed by atoms with van der Waals surface area (Å²) in [5.41, 5.74) is 7.06. The van der Waals surface area contributed by atoms with Gasteiger partial charge in [0.15, 0.2) is 0 Å². The van der Waals surface area contributed by atoms with Gasteiger partial charge in [0.25, 0.3) is 0 Å². The standard InChI is InChI=1S/C26H22N2O2/c29-26(28-14-5-6-18-11-12-19-13-15-27-25(19)16-18)30-17-24-22-9-3-1-7-20(22)21-8-2-4-10-23(21)24/h1-13,15-16,24,27H,14,17H2,(H,28,29). The Labute approximate surface area is 175 Å². The molecule has 0 radical (unpaired) electrons. The second kappa shape index (κ2) is 7.91. The van der Waals surface area contributed by atoms with E-state index in [1.165, 1.54) is 27.6 Å². The van der Waals surface area contributed by atoms with Gasteiger partial charge in [0, 0.05) is 24.2 Å². The summed E-state index contributed by atoms with van der Waals surface area (Å²) in [6.45, 7) is 0.743. The van der Waals surface area contributed by atoms with Gasteiger partial charge in [0.05, 0.1) is 0 Å². The van der Waals surface area contributed by atoms with E-state index in [1.807, 2.05) is 48.7 Å². The third-order valence-electron chi connectivity index (χ3n) is 5.60. The van der Waals surface area contributed by atoms with Crippen molar-refractivity contribution < 1.29 is 9.53 Å². The summed E-state index contributed by atoms with van der Waals surface area (Å²) < 4.78 is 5.55. The highest BCUT2D eigenvalue weighted by molar-refractivity contribution is 5.82. The van der Waals surface area contributed by atoms with Crippen LogP contribution in [0.2, 0.25) is 0 Å². The molecule has 2 N–H and O–H groups in total. The Balaban J connectivity index is 1.18. The van der Waals surface area contributed by atoms with E-state index >= 15 is 0 Å². The molecule has 1 amide bonds. The van der Waals surface area contributed by atoms with E-state index in [1.54, 1.807) is 0 Å². The summed E-state index contributed by atoms with van der Waals surface area (Å²) in [4.78, 5) is 15.4. The van der Waals surface area contributed by atoms with E-state index in [4.69, 9.17) is 4.74 Å². The molecule has 0 spiro atoms. The molecule has 0 atom stereocenters. The average molecular weight is 394 g/mol. The number of amides is 1. The number of fused-ring (bicyclic) bond motifs is 4. The summed E-state index contributed by atoms with van der Waals surface area (Å²) in [5.74, 6) is 0.0752. The average Bonchev–Trinajstić information content (AvgIpc) is 3.37. The Morgan fingerprint density at radius 1 is 0.967 bits per heavy atom. The Morgan fingerprint density at radius 3 is 2.47 bits per heavy atom. The first kappa shape index (κ1) is 18.3. The molecule has 0 saturated heterocycles. The van der Waals surface area contributed by atoms with Crippen LogP contribution in [0.3, 0.4) is 0 Å². The van der Waals surface area contributed by atoms with Gasteiger partial charge in [-0.25, -0.2) is 4.79 Å². The minimum Gasteiger partial charge on any atom is -0.449 e. The summed E-state index contributed by atoms with van der Waals surface area (Å²) in [7, 11) is 0. The Bertz CT molecular complexity index is 1190. The van der Waals surface area contributed by atoms with Crippen LogP contribution in [0, 0.1) is 0 Å². The maximum absolute atomic E-state index is 12.2. The molecule has 5 rings (SSSR count). The molecule has 0 bridgehead atoms. The molecular weight excluding hydrogens is 372 g/mol. The third-order valence-corrected chi connectivity index (χ3v) is 5.60. The number of nitrogens with one attached hydrogen (secondary N) is 2. The van der Waals surface area contributed by atoms with E-state index in [2.05, 4.69) is 52.8 Å². The summed E-state index contributed by atoms with van der Waals surface area (Å²) >= 11 is 0. The van der Waals surface area contributed by atoms with Crippen LogP contribution in [0.4, 0.5) is 4.79 Å². The number of aromatic nitrogens is 1. The van der Waals surface area contributed by atoms with E-state index < -0.39 is 6.09 Å². The molecule has 4 heteroatoms. The van der Waals surface area contributed by atoms with Crippen LogP contribution in [0.1, 0.15) is 22.6 Å². The zero-order valence-corrected chi connectivity index (χ0v) is 16.5. The second-order valence-corrected chi connectivity index (χ2v) is 7.43. The molecule has 148 valence electrons. The number of alkyl carbamates (subject to hydrolysis) is 1. The zero-order chi connectivity index (χ0) is 20.3. The maximum atomic E-state index is 12.2. The highest BCUT2D eigenvalue weighted by atomic mass is 16.5. The minimum atomic E-state index is -0.402. The van der Waals surface area contributed by atoms with Gasteiger partial charge in [-0.15, -0.1) is 0 Å². The number of rotatable bonds is 5. The predicted molar refractivity (Wildman–Crippen MR) is 120 cm³/mol. The SMILES string of the molecule is O=C(NCC=Cc1ccc2cc[nH]c2c1)OCC1c2ccccc2-c2ccccc21. The molecule has 0 unspecified atom stereocenters. The largest absolute Gasteiger partial charge is 0.449 e. The van der Waals surface area contributed by atoms with E-state index in [0.717, 1.165) is 11.1 Å². The maximum Gasteiger partial charge on any atom is 0.407 e. The lowest BCUT2D eigenvalue weighted by molar-refractivity contribution is 0.144. The van der Waals surface area contributed by atoms with Crippen molar-refractivity contribution in [3.05, 3.63) is 102 Å². The highest BCUT2D eigenvalue weighted by Crippen LogP contribution is 2.44. The summed E-state index contributed by atoms with van der Waals surface area (Å²) in [6, 6.07) is 24.9. The van der Waals surface area contributed by atoms with Crippen molar-refractivity contribution in [2.24, 2.45) is 0 Å². The number of hydrogen-bond donors (Lipinski definition) is 2. The Morgan fingerprint density at radius 2 is 1.70 bits per heavy atom. The van der Waals surface area contributed by atoms with Crippen LogP contribution < -0.4 is 5.32 Å². The lowest BCUT2D eigenvalue weighted by Gasteiger charge is -2.14. The number of carbonyl (C=O) groups is 1. The molecule has 1 aliphatic rings. The van der Waals surface area contributed by atoms with Gasteiger partial charge in [-0.05, 0) is 45.3 Å². The van der Waals surface area contributed by atoms with E-state index in [9.17, 15) is 4.79 Å². The van der Waals surface area contributed by atoms with Gasteiger partial charge in [0.1, 0.15) is 6.61 Å². The van der Waals surface area contributed by atoms with Crippen molar-refractivity contribution in [3.63, 3.8) is 0 Å². The molecule has 0 fully saturated rings. The van der Waals surface area contributed by atoms with Gasteiger partial charge in [-0.3, -0.25) is 0 Å². The Hall–Kier alpha value is -3.79. The molecule has 3 aromatic carbocycles. The summed E-state index contributed by atoms with van der Waals surface area (Å²) in [6.07, 6.45) is 5.44. The van der Waals surface area contributed by atoms with Crippen molar-refractivity contribution in [2.75, 3.05) is 13.2 Å². The fourth-order valence-electron chi connectivity index (χ4n) is 4.16. The number of H-pyrrole nitrogens is 1. The van der Waals surface area contributed by atoms with E-state index in [0.29, 0.717) is 13.2 Å². The normalized spacial score (nSPS) is 12.8. The number of benzene rings is 3. The lowest BCUT2D eigenvalue weighted by atomic mass is 9.98. The van der Waals surface area contributed by atoms with Gasteiger partial charge >= 0.3 is 6.09 Å². The van der Waals surface area contributed by atoms with Gasteiger partial charge < -0.3 is 15.0 Å². The number of carbonyl (C=O) groups excluding carboxylic acids is 1. The van der Waals surface area contributed by atoms with Gasteiger partial charge in [-0.1, -0.05) is 72.8 Å². The fraction of sp³-hybridized carbons (Fsp3) is 0.115. The first-order valence-electron chi connectivity index (χ1n) is 10.1. The smallest absolute Gasteiger partial charge is 0.407 e. The molecule has 1 heterocycles. The van der Waals surface area contributed by atoms with Crippen LogP contribution in [-0.2, 0) is 4.74 Å². The topological polar surface area (TPSA) is 54.1 Å². The van der Waals surface area contributed by atoms with Gasteiger partial charge in [0.2, 0.25) is 0 Å².